The van der Waals surface area contributed by atoms with E-state index in [2.05, 4.69) is 34.0 Å². The number of rotatable bonds is 3. The number of anilines is 1. The number of likely N-dealkylation sites (tertiary alicyclic amines) is 1. The number of hydrogen-bond acceptors (Lipinski definition) is 5. The average molecular weight is 364 g/mol. The molecular weight excluding hydrogens is 340 g/mol. The topological polar surface area (TPSA) is 78.0 Å². The van der Waals surface area contributed by atoms with E-state index < -0.39 is 0 Å². The summed E-state index contributed by atoms with van der Waals surface area (Å²) in [5.74, 6) is 1.84. The molecule has 140 valence electrons. The molecule has 0 radical (unpaired) electrons. The van der Waals surface area contributed by atoms with Crippen LogP contribution in [0.5, 0.6) is 0 Å². The standard InChI is InChI=1S/C20H24N6O/c1-13-6-7-15-16(9-13)24-19(23-15)14-5-4-8-26(12-14)20(27)17-10-22-18(11-21-17)25(2)3/h6-7,9-11,14H,4-5,8,12H2,1-3H3,(H,23,24). The molecule has 1 fully saturated rings. The van der Waals surface area contributed by atoms with Gasteiger partial charge >= 0.3 is 0 Å². The van der Waals surface area contributed by atoms with Gasteiger partial charge in [-0.25, -0.2) is 15.0 Å². The molecule has 1 N–H and O–H groups in total. The van der Waals surface area contributed by atoms with E-state index in [0.29, 0.717) is 12.2 Å². The number of aromatic amines is 1. The quantitative estimate of drug-likeness (QED) is 0.773. The van der Waals surface area contributed by atoms with Crippen LogP contribution in [0.4, 0.5) is 5.82 Å². The van der Waals surface area contributed by atoms with Crippen LogP contribution in [-0.2, 0) is 0 Å². The molecule has 7 heteroatoms. The smallest absolute Gasteiger partial charge is 0.274 e. The SMILES string of the molecule is Cc1ccc2nc(C3CCCN(C(=O)c4cnc(N(C)C)cn4)C3)[nH]c2c1. The molecule has 1 unspecified atom stereocenters. The number of H-pyrrole nitrogens is 1. The number of aromatic nitrogens is 4. The van der Waals surface area contributed by atoms with E-state index in [-0.39, 0.29) is 11.8 Å². The Balaban J connectivity index is 1.52. The maximum absolute atomic E-state index is 12.9. The normalized spacial score (nSPS) is 17.3. The van der Waals surface area contributed by atoms with Gasteiger partial charge in [-0.3, -0.25) is 4.79 Å². The number of benzene rings is 1. The van der Waals surface area contributed by atoms with E-state index in [1.54, 1.807) is 12.4 Å². The van der Waals surface area contributed by atoms with Crippen LogP contribution in [-0.4, -0.2) is 57.9 Å². The van der Waals surface area contributed by atoms with E-state index in [9.17, 15) is 4.79 Å². The predicted molar refractivity (Wildman–Crippen MR) is 105 cm³/mol. The minimum Gasteiger partial charge on any atom is -0.361 e. The minimum absolute atomic E-state index is 0.0653. The number of nitrogens with one attached hydrogen (secondary N) is 1. The Kier molecular flexibility index (Phi) is 4.51. The molecule has 0 saturated carbocycles. The van der Waals surface area contributed by atoms with Gasteiger partial charge in [-0.2, -0.15) is 0 Å². The van der Waals surface area contributed by atoms with E-state index in [1.165, 1.54) is 5.56 Å². The van der Waals surface area contributed by atoms with Crippen LogP contribution >= 0.6 is 0 Å². The molecule has 1 aliphatic rings. The number of carbonyl (C=O) groups excluding carboxylic acids is 1. The first-order valence-electron chi connectivity index (χ1n) is 9.26. The number of nitrogens with zero attached hydrogens (tertiary/aromatic N) is 5. The summed E-state index contributed by atoms with van der Waals surface area (Å²) < 4.78 is 0. The van der Waals surface area contributed by atoms with Gasteiger partial charge < -0.3 is 14.8 Å². The first kappa shape index (κ1) is 17.5. The van der Waals surface area contributed by atoms with Gasteiger partial charge in [-0.15, -0.1) is 0 Å². The molecule has 3 aromatic rings. The second-order valence-electron chi connectivity index (χ2n) is 7.39. The highest BCUT2D eigenvalue weighted by Gasteiger charge is 2.28. The van der Waals surface area contributed by atoms with Crippen molar-refractivity contribution in [3.05, 3.63) is 47.7 Å². The molecular formula is C20H24N6O. The molecule has 1 saturated heterocycles. The molecule has 3 heterocycles. The number of piperidine rings is 1. The van der Waals surface area contributed by atoms with Crippen LogP contribution in [0.1, 0.15) is 40.6 Å². The van der Waals surface area contributed by atoms with E-state index in [0.717, 1.165) is 42.1 Å². The highest BCUT2D eigenvalue weighted by molar-refractivity contribution is 5.92. The Morgan fingerprint density at radius 2 is 2.11 bits per heavy atom. The van der Waals surface area contributed by atoms with Gasteiger partial charge in [-0.05, 0) is 37.5 Å². The molecule has 0 aliphatic carbocycles. The minimum atomic E-state index is -0.0653. The lowest BCUT2D eigenvalue weighted by Gasteiger charge is -2.31. The third-order valence-electron chi connectivity index (χ3n) is 5.07. The van der Waals surface area contributed by atoms with Gasteiger partial charge in [0.15, 0.2) is 0 Å². The van der Waals surface area contributed by atoms with Gasteiger partial charge in [0.05, 0.1) is 23.4 Å². The molecule has 27 heavy (non-hydrogen) atoms. The van der Waals surface area contributed by atoms with E-state index in [4.69, 9.17) is 4.98 Å². The number of imidazole rings is 1. The highest BCUT2D eigenvalue weighted by Crippen LogP contribution is 2.27. The summed E-state index contributed by atoms with van der Waals surface area (Å²) in [7, 11) is 3.80. The largest absolute Gasteiger partial charge is 0.361 e. The molecule has 1 aromatic carbocycles. The zero-order valence-corrected chi connectivity index (χ0v) is 15.9. The third kappa shape index (κ3) is 3.49. The van der Waals surface area contributed by atoms with Crippen molar-refractivity contribution in [2.75, 3.05) is 32.1 Å². The van der Waals surface area contributed by atoms with Crippen molar-refractivity contribution < 1.29 is 4.79 Å². The van der Waals surface area contributed by atoms with Crippen molar-refractivity contribution >= 4 is 22.8 Å². The van der Waals surface area contributed by atoms with Gasteiger partial charge in [-0.1, -0.05) is 6.07 Å². The zero-order valence-electron chi connectivity index (χ0n) is 15.9. The van der Waals surface area contributed by atoms with Crippen molar-refractivity contribution in [1.29, 1.82) is 0 Å². The van der Waals surface area contributed by atoms with Gasteiger partial charge in [0.1, 0.15) is 17.3 Å². The Bertz CT molecular complexity index is 962. The summed E-state index contributed by atoms with van der Waals surface area (Å²) in [6.07, 6.45) is 5.17. The summed E-state index contributed by atoms with van der Waals surface area (Å²) in [4.78, 5) is 33.4. The van der Waals surface area contributed by atoms with Gasteiger partial charge in [0.2, 0.25) is 0 Å². The van der Waals surface area contributed by atoms with Gasteiger partial charge in [0, 0.05) is 33.1 Å². The van der Waals surface area contributed by atoms with Crippen LogP contribution in [0.15, 0.2) is 30.6 Å². The number of aryl methyl sites for hydroxylation is 1. The molecule has 4 rings (SSSR count). The molecule has 7 nitrogen and oxygen atoms in total. The molecule has 1 aliphatic heterocycles. The van der Waals surface area contributed by atoms with Crippen LogP contribution < -0.4 is 4.90 Å². The summed E-state index contributed by atoms with van der Waals surface area (Å²) in [5, 5.41) is 0. The summed E-state index contributed by atoms with van der Waals surface area (Å²) in [6, 6.07) is 6.22. The van der Waals surface area contributed by atoms with E-state index in [1.807, 2.05) is 30.0 Å². The van der Waals surface area contributed by atoms with Crippen molar-refractivity contribution in [2.45, 2.75) is 25.7 Å². The Hall–Kier alpha value is -2.96. The predicted octanol–water partition coefficient (Wildman–Crippen LogP) is 2.75. The maximum Gasteiger partial charge on any atom is 0.274 e. The number of carbonyl (C=O) groups is 1. The van der Waals surface area contributed by atoms with Crippen LogP contribution in [0.25, 0.3) is 11.0 Å². The van der Waals surface area contributed by atoms with Crippen molar-refractivity contribution in [2.24, 2.45) is 0 Å². The summed E-state index contributed by atoms with van der Waals surface area (Å²) in [6.45, 7) is 3.46. The zero-order chi connectivity index (χ0) is 19.0. The first-order valence-corrected chi connectivity index (χ1v) is 9.26. The molecule has 0 bridgehead atoms. The molecule has 1 atom stereocenters. The fourth-order valence-corrected chi connectivity index (χ4v) is 3.55. The highest BCUT2D eigenvalue weighted by atomic mass is 16.2. The van der Waals surface area contributed by atoms with Crippen LogP contribution in [0, 0.1) is 6.92 Å². The second kappa shape index (κ2) is 6.98. The fraction of sp³-hybridized carbons (Fsp3) is 0.400. The molecule has 1 amide bonds. The number of fused-ring (bicyclic) bond motifs is 1. The summed E-state index contributed by atoms with van der Waals surface area (Å²) in [5.41, 5.74) is 3.63. The van der Waals surface area contributed by atoms with Gasteiger partial charge in [0.25, 0.3) is 5.91 Å². The second-order valence-corrected chi connectivity index (χ2v) is 7.39. The molecule has 0 spiro atoms. The first-order chi connectivity index (χ1) is 13.0. The van der Waals surface area contributed by atoms with Crippen LogP contribution in [0.2, 0.25) is 0 Å². The lowest BCUT2D eigenvalue weighted by Crippen LogP contribution is -2.39. The maximum atomic E-state index is 12.9. The molecule has 2 aromatic heterocycles. The van der Waals surface area contributed by atoms with Crippen molar-refractivity contribution in [3.63, 3.8) is 0 Å². The summed E-state index contributed by atoms with van der Waals surface area (Å²) >= 11 is 0. The average Bonchev–Trinajstić information content (AvgIpc) is 3.11. The Morgan fingerprint density at radius 3 is 2.85 bits per heavy atom. The number of hydrogen-bond donors (Lipinski definition) is 1. The Labute approximate surface area is 158 Å². The van der Waals surface area contributed by atoms with E-state index >= 15 is 0 Å². The lowest BCUT2D eigenvalue weighted by atomic mass is 9.97. The monoisotopic (exact) mass is 364 g/mol. The van der Waals surface area contributed by atoms with Crippen LogP contribution in [0.3, 0.4) is 0 Å². The lowest BCUT2D eigenvalue weighted by molar-refractivity contribution is 0.0698. The van der Waals surface area contributed by atoms with Crippen molar-refractivity contribution in [3.8, 4) is 0 Å². The van der Waals surface area contributed by atoms with Crippen molar-refractivity contribution in [1.82, 2.24) is 24.8 Å². The fourth-order valence-electron chi connectivity index (χ4n) is 3.55. The third-order valence-corrected chi connectivity index (χ3v) is 5.07. The number of amides is 1. The Morgan fingerprint density at radius 1 is 1.26 bits per heavy atom.